The molecule has 1 fully saturated rings. The third-order valence-corrected chi connectivity index (χ3v) is 3.31. The fourth-order valence-corrected chi connectivity index (χ4v) is 2.29. The summed E-state index contributed by atoms with van der Waals surface area (Å²) in [5.74, 6) is 0.697. The minimum Gasteiger partial charge on any atom is -0.354 e. The van der Waals surface area contributed by atoms with Gasteiger partial charge in [0.05, 0.1) is 5.54 Å². The minimum absolute atomic E-state index is 0.0104. The van der Waals surface area contributed by atoms with Gasteiger partial charge in [0, 0.05) is 6.54 Å². The lowest BCUT2D eigenvalue weighted by atomic mass is 9.96. The normalized spacial score (nSPS) is 21.3. The van der Waals surface area contributed by atoms with E-state index in [9.17, 15) is 4.79 Å². The zero-order chi connectivity index (χ0) is 11.3. The van der Waals surface area contributed by atoms with Crippen LogP contribution in [-0.2, 0) is 4.79 Å². The number of hydrogen-bond donors (Lipinski definition) is 2. The molecule has 1 aliphatic rings. The van der Waals surface area contributed by atoms with Crippen LogP contribution in [0.15, 0.2) is 0 Å². The molecule has 1 unspecified atom stereocenters. The van der Waals surface area contributed by atoms with Crippen LogP contribution in [0.4, 0.5) is 0 Å². The molecule has 3 nitrogen and oxygen atoms in total. The predicted molar refractivity (Wildman–Crippen MR) is 62.5 cm³/mol. The van der Waals surface area contributed by atoms with E-state index in [4.69, 9.17) is 5.73 Å². The van der Waals surface area contributed by atoms with Crippen molar-refractivity contribution in [3.63, 3.8) is 0 Å². The van der Waals surface area contributed by atoms with Gasteiger partial charge in [-0.05, 0) is 32.1 Å². The van der Waals surface area contributed by atoms with Crippen molar-refractivity contribution in [2.24, 2.45) is 11.7 Å². The molecule has 0 aromatic heterocycles. The molecular formula is C12H24N2O. The van der Waals surface area contributed by atoms with Crippen molar-refractivity contribution < 1.29 is 4.79 Å². The van der Waals surface area contributed by atoms with E-state index in [0.717, 1.165) is 19.4 Å². The van der Waals surface area contributed by atoms with E-state index in [-0.39, 0.29) is 5.91 Å². The summed E-state index contributed by atoms with van der Waals surface area (Å²) in [7, 11) is 0. The maximum Gasteiger partial charge on any atom is 0.239 e. The third kappa shape index (κ3) is 3.82. The van der Waals surface area contributed by atoms with Crippen molar-refractivity contribution in [2.45, 2.75) is 57.9 Å². The summed E-state index contributed by atoms with van der Waals surface area (Å²) >= 11 is 0. The van der Waals surface area contributed by atoms with Gasteiger partial charge in [0.15, 0.2) is 0 Å². The first-order valence-corrected chi connectivity index (χ1v) is 6.13. The van der Waals surface area contributed by atoms with Crippen LogP contribution >= 0.6 is 0 Å². The first kappa shape index (κ1) is 12.5. The molecule has 0 aromatic rings. The molecule has 15 heavy (non-hydrogen) atoms. The largest absolute Gasteiger partial charge is 0.354 e. The summed E-state index contributed by atoms with van der Waals surface area (Å²) in [6.45, 7) is 4.69. The molecule has 1 atom stereocenters. The smallest absolute Gasteiger partial charge is 0.239 e. The van der Waals surface area contributed by atoms with Crippen molar-refractivity contribution in [1.82, 2.24) is 5.32 Å². The maximum absolute atomic E-state index is 11.8. The quantitative estimate of drug-likeness (QED) is 0.730. The third-order valence-electron chi connectivity index (χ3n) is 3.31. The number of amides is 1. The molecule has 1 rings (SSSR count). The van der Waals surface area contributed by atoms with Gasteiger partial charge in [0.25, 0.3) is 0 Å². The van der Waals surface area contributed by atoms with Crippen molar-refractivity contribution in [2.75, 3.05) is 6.54 Å². The molecule has 0 saturated heterocycles. The van der Waals surface area contributed by atoms with E-state index in [2.05, 4.69) is 12.2 Å². The SMILES string of the molecule is CCCC(C)(N)C(=O)NCC1CCCC1. The second kappa shape index (κ2) is 5.50. The van der Waals surface area contributed by atoms with Gasteiger partial charge in [-0.2, -0.15) is 0 Å². The van der Waals surface area contributed by atoms with Gasteiger partial charge in [0.1, 0.15) is 0 Å². The van der Waals surface area contributed by atoms with Crippen LogP contribution in [0.3, 0.4) is 0 Å². The van der Waals surface area contributed by atoms with Crippen LogP contribution in [0.1, 0.15) is 52.4 Å². The Hall–Kier alpha value is -0.570. The van der Waals surface area contributed by atoms with Gasteiger partial charge in [-0.1, -0.05) is 26.2 Å². The zero-order valence-electron chi connectivity index (χ0n) is 10.0. The van der Waals surface area contributed by atoms with E-state index < -0.39 is 5.54 Å². The Morgan fingerprint density at radius 1 is 1.47 bits per heavy atom. The lowest BCUT2D eigenvalue weighted by molar-refractivity contribution is -0.126. The van der Waals surface area contributed by atoms with Crippen LogP contribution in [-0.4, -0.2) is 18.0 Å². The molecule has 1 amide bonds. The molecule has 0 heterocycles. The Bertz CT molecular complexity index is 208. The van der Waals surface area contributed by atoms with Crippen LogP contribution in [0, 0.1) is 5.92 Å². The van der Waals surface area contributed by atoms with E-state index >= 15 is 0 Å². The Balaban J connectivity index is 2.27. The van der Waals surface area contributed by atoms with Gasteiger partial charge >= 0.3 is 0 Å². The standard InChI is InChI=1S/C12H24N2O/c1-3-8-12(2,13)11(15)14-9-10-6-4-5-7-10/h10H,3-9,13H2,1-2H3,(H,14,15). The number of nitrogens with two attached hydrogens (primary N) is 1. The van der Waals surface area contributed by atoms with Gasteiger partial charge < -0.3 is 11.1 Å². The molecule has 0 bridgehead atoms. The summed E-state index contributed by atoms with van der Waals surface area (Å²) in [5, 5.41) is 2.99. The highest BCUT2D eigenvalue weighted by molar-refractivity contribution is 5.85. The highest BCUT2D eigenvalue weighted by Crippen LogP contribution is 2.23. The molecule has 3 N–H and O–H groups in total. The Morgan fingerprint density at radius 2 is 2.07 bits per heavy atom. The molecule has 0 aliphatic heterocycles. The summed E-state index contributed by atoms with van der Waals surface area (Å²) in [6, 6.07) is 0. The fraction of sp³-hybridized carbons (Fsp3) is 0.917. The lowest BCUT2D eigenvalue weighted by Crippen LogP contribution is -2.52. The van der Waals surface area contributed by atoms with Crippen molar-refractivity contribution in [1.29, 1.82) is 0 Å². The molecule has 0 aromatic carbocycles. The summed E-state index contributed by atoms with van der Waals surface area (Å²) in [6.07, 6.45) is 6.85. The first-order chi connectivity index (χ1) is 7.06. The molecule has 3 heteroatoms. The Morgan fingerprint density at radius 3 is 2.60 bits per heavy atom. The summed E-state index contributed by atoms with van der Waals surface area (Å²) in [5.41, 5.74) is 5.26. The van der Waals surface area contributed by atoms with Crippen molar-refractivity contribution >= 4 is 5.91 Å². The van der Waals surface area contributed by atoms with Crippen LogP contribution in [0.25, 0.3) is 0 Å². The second-order valence-electron chi connectivity index (χ2n) is 5.03. The Labute approximate surface area is 92.8 Å². The molecule has 88 valence electrons. The summed E-state index contributed by atoms with van der Waals surface area (Å²) in [4.78, 5) is 11.8. The van der Waals surface area contributed by atoms with Crippen molar-refractivity contribution in [3.8, 4) is 0 Å². The number of hydrogen-bond acceptors (Lipinski definition) is 2. The number of rotatable bonds is 5. The van der Waals surface area contributed by atoms with Gasteiger partial charge in [-0.25, -0.2) is 0 Å². The molecule has 0 radical (unpaired) electrons. The van der Waals surface area contributed by atoms with Gasteiger partial charge in [-0.15, -0.1) is 0 Å². The monoisotopic (exact) mass is 212 g/mol. The second-order valence-corrected chi connectivity index (χ2v) is 5.03. The van der Waals surface area contributed by atoms with E-state index in [1.165, 1.54) is 25.7 Å². The number of nitrogens with one attached hydrogen (secondary N) is 1. The molecular weight excluding hydrogens is 188 g/mol. The molecule has 1 aliphatic carbocycles. The van der Waals surface area contributed by atoms with E-state index in [1.807, 2.05) is 6.92 Å². The number of carbonyl (C=O) groups is 1. The predicted octanol–water partition coefficient (Wildman–Crippen LogP) is 1.81. The Kier molecular flexibility index (Phi) is 4.58. The van der Waals surface area contributed by atoms with E-state index in [1.54, 1.807) is 0 Å². The highest BCUT2D eigenvalue weighted by atomic mass is 16.2. The van der Waals surface area contributed by atoms with Gasteiger partial charge in [-0.3, -0.25) is 4.79 Å². The topological polar surface area (TPSA) is 55.1 Å². The highest BCUT2D eigenvalue weighted by Gasteiger charge is 2.27. The zero-order valence-corrected chi connectivity index (χ0v) is 10.0. The first-order valence-electron chi connectivity index (χ1n) is 6.13. The lowest BCUT2D eigenvalue weighted by Gasteiger charge is -2.23. The molecule has 0 spiro atoms. The van der Waals surface area contributed by atoms with E-state index in [0.29, 0.717) is 5.92 Å². The average Bonchev–Trinajstić information content (AvgIpc) is 2.66. The average molecular weight is 212 g/mol. The van der Waals surface area contributed by atoms with Crippen LogP contribution in [0.2, 0.25) is 0 Å². The van der Waals surface area contributed by atoms with Crippen LogP contribution in [0.5, 0.6) is 0 Å². The van der Waals surface area contributed by atoms with Gasteiger partial charge in [0.2, 0.25) is 5.91 Å². The van der Waals surface area contributed by atoms with Crippen LogP contribution < -0.4 is 11.1 Å². The van der Waals surface area contributed by atoms with Crippen molar-refractivity contribution in [3.05, 3.63) is 0 Å². The number of carbonyl (C=O) groups excluding carboxylic acids is 1. The molecule has 1 saturated carbocycles. The fourth-order valence-electron chi connectivity index (χ4n) is 2.29. The minimum atomic E-state index is -0.687. The summed E-state index contributed by atoms with van der Waals surface area (Å²) < 4.78 is 0. The maximum atomic E-state index is 11.8.